The van der Waals surface area contributed by atoms with Gasteiger partial charge in [0, 0.05) is 17.5 Å². The molecule has 18 heavy (non-hydrogen) atoms. The molecule has 3 rings (SSSR count). The van der Waals surface area contributed by atoms with E-state index in [4.69, 9.17) is 11.6 Å². The Balaban J connectivity index is 2.07. The molecular weight excluding hydrogens is 321 g/mol. The summed E-state index contributed by atoms with van der Waals surface area (Å²) in [6, 6.07) is 4.52. The first kappa shape index (κ1) is 12.1. The quantitative estimate of drug-likeness (QED) is 0.797. The molecule has 1 atom stereocenters. The molecule has 6 heteroatoms. The fourth-order valence-electron chi connectivity index (χ4n) is 2.40. The molecule has 1 aromatic heterocycles. The minimum absolute atomic E-state index is 0.0886. The molecule has 1 aliphatic rings. The van der Waals surface area contributed by atoms with Gasteiger partial charge in [0.05, 0.1) is 0 Å². The Labute approximate surface area is 117 Å². The standard InChI is InChI=1S/C12H10BrClFN3/c13-12-16-11-9(2-1-5-18(11)17-12)8-4-3-7(15)6-10(8)14/h3-4,6,9H,1-2,5H2. The predicted molar refractivity (Wildman–Crippen MR) is 70.2 cm³/mol. The van der Waals surface area contributed by atoms with Crippen LogP contribution < -0.4 is 0 Å². The summed E-state index contributed by atoms with van der Waals surface area (Å²) in [6.07, 6.45) is 1.97. The van der Waals surface area contributed by atoms with Crippen molar-refractivity contribution in [3.05, 3.63) is 45.2 Å². The molecule has 0 amide bonds. The van der Waals surface area contributed by atoms with Crippen molar-refractivity contribution in [2.45, 2.75) is 25.3 Å². The first-order valence-corrected chi connectivity index (χ1v) is 6.87. The maximum absolute atomic E-state index is 13.1. The smallest absolute Gasteiger partial charge is 0.217 e. The number of halogens is 3. The van der Waals surface area contributed by atoms with Crippen molar-refractivity contribution in [2.24, 2.45) is 0 Å². The summed E-state index contributed by atoms with van der Waals surface area (Å²) < 4.78 is 15.6. The highest BCUT2D eigenvalue weighted by Crippen LogP contribution is 2.36. The van der Waals surface area contributed by atoms with Crippen molar-refractivity contribution in [1.29, 1.82) is 0 Å². The third-order valence-corrected chi connectivity index (χ3v) is 3.85. The Morgan fingerprint density at radius 2 is 2.28 bits per heavy atom. The van der Waals surface area contributed by atoms with E-state index in [0.29, 0.717) is 9.76 Å². The average molecular weight is 331 g/mol. The number of aryl methyl sites for hydroxylation is 1. The highest BCUT2D eigenvalue weighted by Gasteiger charge is 2.27. The van der Waals surface area contributed by atoms with Crippen LogP contribution in [0.25, 0.3) is 0 Å². The Morgan fingerprint density at radius 3 is 3.06 bits per heavy atom. The molecule has 0 saturated carbocycles. The predicted octanol–water partition coefficient (Wildman–Crippen LogP) is 3.76. The van der Waals surface area contributed by atoms with E-state index in [2.05, 4.69) is 26.0 Å². The molecule has 2 aromatic rings. The van der Waals surface area contributed by atoms with Gasteiger partial charge in [0.2, 0.25) is 4.73 Å². The van der Waals surface area contributed by atoms with Crippen molar-refractivity contribution in [3.63, 3.8) is 0 Å². The van der Waals surface area contributed by atoms with E-state index in [1.54, 1.807) is 6.07 Å². The average Bonchev–Trinajstić information content (AvgIpc) is 2.69. The van der Waals surface area contributed by atoms with E-state index < -0.39 is 0 Å². The lowest BCUT2D eigenvalue weighted by Crippen LogP contribution is -2.18. The Bertz CT molecular complexity index is 599. The molecular formula is C12H10BrClFN3. The summed E-state index contributed by atoms with van der Waals surface area (Å²) >= 11 is 9.41. The van der Waals surface area contributed by atoms with Crippen LogP contribution in [0, 0.1) is 5.82 Å². The van der Waals surface area contributed by atoms with Gasteiger partial charge in [-0.2, -0.15) is 0 Å². The molecule has 1 aromatic carbocycles. The monoisotopic (exact) mass is 329 g/mol. The van der Waals surface area contributed by atoms with Gasteiger partial charge in [-0.15, -0.1) is 5.10 Å². The number of hydrogen-bond acceptors (Lipinski definition) is 2. The van der Waals surface area contributed by atoms with E-state index in [1.807, 2.05) is 4.68 Å². The van der Waals surface area contributed by atoms with E-state index in [9.17, 15) is 4.39 Å². The molecule has 0 bridgehead atoms. The lowest BCUT2D eigenvalue weighted by Gasteiger charge is -2.23. The molecule has 2 heterocycles. The lowest BCUT2D eigenvalue weighted by molar-refractivity contribution is 0.445. The fraction of sp³-hybridized carbons (Fsp3) is 0.333. The van der Waals surface area contributed by atoms with Gasteiger partial charge in [-0.05, 0) is 46.5 Å². The summed E-state index contributed by atoms with van der Waals surface area (Å²) in [5.74, 6) is 0.662. The van der Waals surface area contributed by atoms with Crippen LogP contribution in [0.3, 0.4) is 0 Å². The third-order valence-electron chi connectivity index (χ3n) is 3.19. The van der Waals surface area contributed by atoms with Crippen LogP contribution in [0.15, 0.2) is 22.9 Å². The second-order valence-corrected chi connectivity index (χ2v) is 5.44. The number of aromatic nitrogens is 3. The molecule has 0 aliphatic carbocycles. The van der Waals surface area contributed by atoms with Crippen LogP contribution in [0.4, 0.5) is 4.39 Å². The van der Waals surface area contributed by atoms with Crippen LogP contribution in [-0.2, 0) is 6.54 Å². The third kappa shape index (κ3) is 2.06. The van der Waals surface area contributed by atoms with Gasteiger partial charge in [0.25, 0.3) is 0 Å². The van der Waals surface area contributed by atoms with Gasteiger partial charge in [0.1, 0.15) is 11.6 Å². The lowest BCUT2D eigenvalue weighted by atomic mass is 9.91. The zero-order chi connectivity index (χ0) is 12.7. The second kappa shape index (κ2) is 4.63. The SMILES string of the molecule is Fc1ccc(C2CCCn3nc(Br)nc32)c(Cl)c1. The molecule has 94 valence electrons. The minimum Gasteiger partial charge on any atom is -0.248 e. The van der Waals surface area contributed by atoms with Crippen molar-refractivity contribution in [3.8, 4) is 0 Å². The summed E-state index contributed by atoms with van der Waals surface area (Å²) in [5, 5.41) is 4.73. The first-order valence-electron chi connectivity index (χ1n) is 5.70. The highest BCUT2D eigenvalue weighted by atomic mass is 79.9. The first-order chi connectivity index (χ1) is 8.65. The van der Waals surface area contributed by atoms with Crippen molar-refractivity contribution >= 4 is 27.5 Å². The van der Waals surface area contributed by atoms with E-state index >= 15 is 0 Å². The van der Waals surface area contributed by atoms with Crippen LogP contribution >= 0.6 is 27.5 Å². The normalized spacial score (nSPS) is 18.7. The number of hydrogen-bond donors (Lipinski definition) is 0. The van der Waals surface area contributed by atoms with Gasteiger partial charge in [0.15, 0.2) is 0 Å². The maximum atomic E-state index is 13.1. The van der Waals surface area contributed by atoms with E-state index in [0.717, 1.165) is 30.8 Å². The molecule has 3 nitrogen and oxygen atoms in total. The van der Waals surface area contributed by atoms with Crippen molar-refractivity contribution < 1.29 is 4.39 Å². The molecule has 1 aliphatic heterocycles. The zero-order valence-corrected chi connectivity index (χ0v) is 11.7. The van der Waals surface area contributed by atoms with Crippen molar-refractivity contribution in [1.82, 2.24) is 14.8 Å². The topological polar surface area (TPSA) is 30.7 Å². The van der Waals surface area contributed by atoms with Gasteiger partial charge in [-0.25, -0.2) is 14.1 Å². The Morgan fingerprint density at radius 1 is 1.44 bits per heavy atom. The van der Waals surface area contributed by atoms with Crippen LogP contribution in [0.2, 0.25) is 5.02 Å². The zero-order valence-electron chi connectivity index (χ0n) is 9.41. The summed E-state index contributed by atoms with van der Waals surface area (Å²) in [5.41, 5.74) is 0.916. The van der Waals surface area contributed by atoms with Crippen LogP contribution in [0.5, 0.6) is 0 Å². The number of benzene rings is 1. The van der Waals surface area contributed by atoms with Gasteiger partial charge < -0.3 is 0 Å². The fourth-order valence-corrected chi connectivity index (χ4v) is 3.07. The molecule has 0 N–H and O–H groups in total. The van der Waals surface area contributed by atoms with Crippen LogP contribution in [0.1, 0.15) is 30.1 Å². The minimum atomic E-state index is -0.317. The summed E-state index contributed by atoms with van der Waals surface area (Å²) in [4.78, 5) is 4.39. The second-order valence-electron chi connectivity index (χ2n) is 4.32. The largest absolute Gasteiger partial charge is 0.248 e. The highest BCUT2D eigenvalue weighted by molar-refractivity contribution is 9.10. The van der Waals surface area contributed by atoms with Gasteiger partial charge >= 0.3 is 0 Å². The number of nitrogens with zero attached hydrogens (tertiary/aromatic N) is 3. The molecule has 1 unspecified atom stereocenters. The number of fused-ring (bicyclic) bond motifs is 1. The molecule has 0 fully saturated rings. The van der Waals surface area contributed by atoms with Gasteiger partial charge in [-0.1, -0.05) is 17.7 Å². The molecule has 0 radical (unpaired) electrons. The Hall–Kier alpha value is -0.940. The Kier molecular flexibility index (Phi) is 3.11. The van der Waals surface area contributed by atoms with E-state index in [-0.39, 0.29) is 11.7 Å². The molecule has 0 spiro atoms. The van der Waals surface area contributed by atoms with Crippen LogP contribution in [-0.4, -0.2) is 14.8 Å². The summed E-state index contributed by atoms with van der Waals surface area (Å²) in [6.45, 7) is 0.864. The molecule has 0 saturated heterocycles. The van der Waals surface area contributed by atoms with E-state index in [1.165, 1.54) is 12.1 Å². The van der Waals surface area contributed by atoms with Gasteiger partial charge in [-0.3, -0.25) is 0 Å². The summed E-state index contributed by atoms with van der Waals surface area (Å²) in [7, 11) is 0. The maximum Gasteiger partial charge on any atom is 0.217 e. The van der Waals surface area contributed by atoms with Crippen molar-refractivity contribution in [2.75, 3.05) is 0 Å². The number of rotatable bonds is 1.